The molecule has 0 aromatic heterocycles. The van der Waals surface area contributed by atoms with Crippen molar-refractivity contribution in [1.82, 2.24) is 4.90 Å². The van der Waals surface area contributed by atoms with Gasteiger partial charge in [-0.25, -0.2) is 0 Å². The van der Waals surface area contributed by atoms with Gasteiger partial charge in [-0.05, 0) is 45.6 Å². The zero-order valence-electron chi connectivity index (χ0n) is 17.6. The van der Waals surface area contributed by atoms with E-state index in [1.807, 2.05) is 20.8 Å². The molecule has 1 N–H and O–H groups in total. The van der Waals surface area contributed by atoms with Gasteiger partial charge in [0.25, 0.3) is 11.6 Å². The zero-order valence-corrected chi connectivity index (χ0v) is 17.6. The fraction of sp³-hybridized carbons (Fsp3) is 0.600. The summed E-state index contributed by atoms with van der Waals surface area (Å²) in [6.45, 7) is 6.39. The smallest absolute Gasteiger partial charge is 0.306 e. The van der Waals surface area contributed by atoms with Gasteiger partial charge in [-0.3, -0.25) is 19.7 Å². The second kappa shape index (κ2) is 9.11. The Balaban J connectivity index is 2.18. The van der Waals surface area contributed by atoms with E-state index in [0.29, 0.717) is 13.1 Å². The van der Waals surface area contributed by atoms with Crippen LogP contribution in [0.4, 0.5) is 11.4 Å². The maximum Gasteiger partial charge on any atom is 0.306 e. The average Bonchev–Trinajstić information content (AvgIpc) is 2.64. The molecule has 1 aromatic carbocycles. The summed E-state index contributed by atoms with van der Waals surface area (Å²) in [4.78, 5) is 37.6. The molecule has 1 aromatic rings. The first kappa shape index (κ1) is 22.4. The second-order valence-electron chi connectivity index (χ2n) is 8.13. The number of hydrogen-bond acceptors (Lipinski definition) is 7. The van der Waals surface area contributed by atoms with Gasteiger partial charge < -0.3 is 19.7 Å². The molecule has 1 amide bonds. The Morgan fingerprint density at radius 1 is 1.34 bits per heavy atom. The van der Waals surface area contributed by atoms with Crippen molar-refractivity contribution in [2.75, 3.05) is 32.6 Å². The van der Waals surface area contributed by atoms with Crippen LogP contribution < -0.4 is 10.1 Å². The SMILES string of the molecule is CNc1c(OC)cc(C(=O)N2CCC[C@@H](CC(=O)OC(C)(C)C)C2)cc1[N+](=O)[O-]. The lowest BCUT2D eigenvalue weighted by molar-refractivity contribution is -0.384. The van der Waals surface area contributed by atoms with Crippen molar-refractivity contribution in [2.45, 2.75) is 45.6 Å². The van der Waals surface area contributed by atoms with Crippen molar-refractivity contribution < 1.29 is 24.0 Å². The van der Waals surface area contributed by atoms with Crippen LogP contribution in [0, 0.1) is 16.0 Å². The van der Waals surface area contributed by atoms with Crippen molar-refractivity contribution in [3.05, 3.63) is 27.8 Å². The number of amides is 1. The number of likely N-dealkylation sites (tertiary alicyclic amines) is 1. The molecule has 1 heterocycles. The summed E-state index contributed by atoms with van der Waals surface area (Å²) in [6, 6.07) is 2.76. The number of hydrogen-bond donors (Lipinski definition) is 1. The Hall–Kier alpha value is -2.84. The maximum absolute atomic E-state index is 13.0. The van der Waals surface area contributed by atoms with Crippen LogP contribution in [0.5, 0.6) is 5.75 Å². The van der Waals surface area contributed by atoms with Gasteiger partial charge in [0.1, 0.15) is 11.4 Å². The lowest BCUT2D eigenvalue weighted by Gasteiger charge is -2.33. The number of ether oxygens (including phenoxy) is 2. The number of rotatable bonds is 6. The normalized spacial score (nSPS) is 16.9. The summed E-state index contributed by atoms with van der Waals surface area (Å²) in [7, 11) is 2.95. The summed E-state index contributed by atoms with van der Waals surface area (Å²) in [5.74, 6) is -0.376. The number of anilines is 1. The number of esters is 1. The van der Waals surface area contributed by atoms with Gasteiger partial charge in [0, 0.05) is 26.2 Å². The fourth-order valence-electron chi connectivity index (χ4n) is 3.50. The molecule has 9 heteroatoms. The molecule has 1 atom stereocenters. The summed E-state index contributed by atoms with van der Waals surface area (Å²) in [6.07, 6.45) is 1.82. The van der Waals surface area contributed by atoms with E-state index in [0.717, 1.165) is 12.8 Å². The standard InChI is InChI=1S/C20H29N3O6/c1-20(2,3)29-17(24)9-13-7-6-8-22(12-13)19(25)14-10-15(23(26)27)18(21-4)16(11-14)28-5/h10-11,13,21H,6-9,12H2,1-5H3/t13-/m0/s1. The van der Waals surface area contributed by atoms with Crippen LogP contribution in [0.2, 0.25) is 0 Å². The van der Waals surface area contributed by atoms with Gasteiger partial charge in [-0.2, -0.15) is 0 Å². The molecule has 0 unspecified atom stereocenters. The maximum atomic E-state index is 13.0. The third-order valence-electron chi connectivity index (χ3n) is 4.68. The topological polar surface area (TPSA) is 111 Å². The Kier molecular flexibility index (Phi) is 7.05. The molecule has 1 saturated heterocycles. The molecule has 1 fully saturated rings. The van der Waals surface area contributed by atoms with Gasteiger partial charge in [-0.15, -0.1) is 0 Å². The number of nitrogens with one attached hydrogen (secondary N) is 1. The van der Waals surface area contributed by atoms with E-state index >= 15 is 0 Å². The number of piperidine rings is 1. The molecule has 2 rings (SSSR count). The van der Waals surface area contributed by atoms with Crippen LogP contribution in [-0.4, -0.2) is 54.5 Å². The van der Waals surface area contributed by atoms with Crippen molar-refractivity contribution in [1.29, 1.82) is 0 Å². The first-order chi connectivity index (χ1) is 13.6. The third kappa shape index (κ3) is 5.82. The molecule has 0 radical (unpaired) electrons. The van der Waals surface area contributed by atoms with E-state index in [-0.39, 0.29) is 46.9 Å². The van der Waals surface area contributed by atoms with E-state index in [1.165, 1.54) is 19.2 Å². The predicted octanol–water partition coefficient (Wildman–Crippen LogP) is 3.23. The quantitative estimate of drug-likeness (QED) is 0.438. The van der Waals surface area contributed by atoms with Crippen molar-refractivity contribution >= 4 is 23.3 Å². The summed E-state index contributed by atoms with van der Waals surface area (Å²) >= 11 is 0. The van der Waals surface area contributed by atoms with Gasteiger partial charge >= 0.3 is 5.97 Å². The highest BCUT2D eigenvalue weighted by molar-refractivity contribution is 5.97. The predicted molar refractivity (Wildman–Crippen MR) is 108 cm³/mol. The number of carbonyl (C=O) groups is 2. The van der Waals surface area contributed by atoms with Gasteiger partial charge in [-0.1, -0.05) is 0 Å². The Bertz CT molecular complexity index is 787. The third-order valence-corrected chi connectivity index (χ3v) is 4.68. The molecule has 0 aliphatic carbocycles. The lowest BCUT2D eigenvalue weighted by atomic mass is 9.94. The molecule has 1 aliphatic rings. The van der Waals surface area contributed by atoms with E-state index in [2.05, 4.69) is 5.32 Å². The first-order valence-electron chi connectivity index (χ1n) is 9.61. The Morgan fingerprint density at radius 3 is 2.59 bits per heavy atom. The number of nitrogens with zero attached hydrogens (tertiary/aromatic N) is 2. The molecule has 160 valence electrons. The molecule has 29 heavy (non-hydrogen) atoms. The fourth-order valence-corrected chi connectivity index (χ4v) is 3.50. The van der Waals surface area contributed by atoms with Crippen LogP contribution in [0.1, 0.15) is 50.4 Å². The first-order valence-corrected chi connectivity index (χ1v) is 9.61. The van der Waals surface area contributed by atoms with Crippen molar-refractivity contribution in [2.24, 2.45) is 5.92 Å². The van der Waals surface area contributed by atoms with E-state index < -0.39 is 10.5 Å². The average molecular weight is 407 g/mol. The van der Waals surface area contributed by atoms with Crippen molar-refractivity contribution in [3.63, 3.8) is 0 Å². The van der Waals surface area contributed by atoms with E-state index in [4.69, 9.17) is 9.47 Å². The summed E-state index contributed by atoms with van der Waals surface area (Å²) in [5, 5.41) is 14.2. The van der Waals surface area contributed by atoms with Crippen LogP contribution in [0.15, 0.2) is 12.1 Å². The zero-order chi connectivity index (χ0) is 21.8. The summed E-state index contributed by atoms with van der Waals surface area (Å²) in [5.41, 5.74) is -0.371. The number of nitro groups is 1. The van der Waals surface area contributed by atoms with Gasteiger partial charge in [0.05, 0.1) is 24.0 Å². The lowest BCUT2D eigenvalue weighted by Crippen LogP contribution is -2.41. The van der Waals surface area contributed by atoms with E-state index in [9.17, 15) is 19.7 Å². The molecular weight excluding hydrogens is 378 g/mol. The Labute approximate surface area is 170 Å². The molecule has 0 saturated carbocycles. The van der Waals surface area contributed by atoms with E-state index in [1.54, 1.807) is 11.9 Å². The van der Waals surface area contributed by atoms with Gasteiger partial charge in [0.15, 0.2) is 5.69 Å². The molecule has 9 nitrogen and oxygen atoms in total. The minimum atomic E-state index is -0.550. The van der Waals surface area contributed by atoms with Crippen LogP contribution >= 0.6 is 0 Å². The van der Waals surface area contributed by atoms with Crippen molar-refractivity contribution in [3.8, 4) is 5.75 Å². The van der Waals surface area contributed by atoms with Crippen LogP contribution in [-0.2, 0) is 9.53 Å². The van der Waals surface area contributed by atoms with Crippen LogP contribution in [0.3, 0.4) is 0 Å². The monoisotopic (exact) mass is 407 g/mol. The highest BCUT2D eigenvalue weighted by Gasteiger charge is 2.30. The molecule has 1 aliphatic heterocycles. The van der Waals surface area contributed by atoms with Gasteiger partial charge in [0.2, 0.25) is 0 Å². The summed E-state index contributed by atoms with van der Waals surface area (Å²) < 4.78 is 10.6. The highest BCUT2D eigenvalue weighted by Crippen LogP contribution is 2.36. The Morgan fingerprint density at radius 2 is 2.03 bits per heavy atom. The number of carbonyl (C=O) groups excluding carboxylic acids is 2. The molecule has 0 spiro atoms. The highest BCUT2D eigenvalue weighted by atomic mass is 16.6. The largest absolute Gasteiger partial charge is 0.494 e. The second-order valence-corrected chi connectivity index (χ2v) is 8.13. The molecule has 0 bridgehead atoms. The number of methoxy groups -OCH3 is 1. The minimum Gasteiger partial charge on any atom is -0.494 e. The molecular formula is C20H29N3O6. The number of benzene rings is 1. The van der Waals surface area contributed by atoms with Crippen LogP contribution in [0.25, 0.3) is 0 Å². The minimum absolute atomic E-state index is 0.00369. The number of nitro benzene ring substituents is 1.